The van der Waals surface area contributed by atoms with Crippen LogP contribution in [0.5, 0.6) is 0 Å². The number of nitrogens with two attached hydrogens (primary N) is 1. The van der Waals surface area contributed by atoms with Gasteiger partial charge >= 0.3 is 0 Å². The molecule has 0 aliphatic carbocycles. The van der Waals surface area contributed by atoms with E-state index in [0.717, 1.165) is 18.4 Å². The molecule has 3 heterocycles. The van der Waals surface area contributed by atoms with Crippen LogP contribution in [0, 0.1) is 6.92 Å². The molecule has 23 heavy (non-hydrogen) atoms. The van der Waals surface area contributed by atoms with Crippen LogP contribution in [0.4, 0.5) is 0 Å². The zero-order valence-corrected chi connectivity index (χ0v) is 13.0. The summed E-state index contributed by atoms with van der Waals surface area (Å²) in [6.45, 7) is 3.38. The summed E-state index contributed by atoms with van der Waals surface area (Å²) in [5.41, 5.74) is 6.92. The summed E-state index contributed by atoms with van der Waals surface area (Å²) in [6.07, 6.45) is 7.05. The summed E-state index contributed by atoms with van der Waals surface area (Å²) in [6, 6.07) is 3.19. The van der Waals surface area contributed by atoms with Crippen LogP contribution in [0.25, 0.3) is 0 Å². The molecule has 0 radical (unpaired) electrons. The normalized spacial score (nSPS) is 17.4. The number of carbonyl (C=O) groups is 2. The molecule has 1 saturated heterocycles. The molecule has 0 aromatic carbocycles. The van der Waals surface area contributed by atoms with Gasteiger partial charge in [0.2, 0.25) is 5.91 Å². The number of nitrogens with zero attached hydrogens (tertiary/aromatic N) is 4. The SMILES string of the molecule is Cc1cnn(C[C@@H]2CCCN2C(=O)c2ccc(C(N)=O)cn2)c1. The van der Waals surface area contributed by atoms with E-state index in [4.69, 9.17) is 5.73 Å². The minimum atomic E-state index is -0.551. The fourth-order valence-corrected chi connectivity index (χ4v) is 2.89. The molecule has 0 bridgehead atoms. The first-order chi connectivity index (χ1) is 11.0. The standard InChI is InChI=1S/C16H19N5O2/c1-11-7-19-20(9-11)10-13-3-2-6-21(13)16(23)14-5-4-12(8-18-14)15(17)22/h4-5,7-9,13H,2-3,6,10H2,1H3,(H2,17,22)/t13-/m0/s1. The molecule has 1 aliphatic heterocycles. The Morgan fingerprint density at radius 1 is 1.35 bits per heavy atom. The number of likely N-dealkylation sites (tertiary alicyclic amines) is 1. The molecule has 0 saturated carbocycles. The molecule has 0 spiro atoms. The molecule has 0 unspecified atom stereocenters. The number of rotatable bonds is 4. The van der Waals surface area contributed by atoms with E-state index in [1.165, 1.54) is 12.3 Å². The van der Waals surface area contributed by atoms with Crippen molar-refractivity contribution >= 4 is 11.8 Å². The van der Waals surface area contributed by atoms with Gasteiger partial charge in [0.1, 0.15) is 5.69 Å². The second kappa shape index (κ2) is 6.20. The van der Waals surface area contributed by atoms with Crippen LogP contribution in [0.1, 0.15) is 39.3 Å². The van der Waals surface area contributed by atoms with E-state index in [1.54, 1.807) is 6.07 Å². The van der Waals surface area contributed by atoms with Crippen molar-refractivity contribution in [2.75, 3.05) is 6.54 Å². The van der Waals surface area contributed by atoms with Crippen LogP contribution in [0.2, 0.25) is 0 Å². The van der Waals surface area contributed by atoms with Crippen molar-refractivity contribution in [1.82, 2.24) is 19.7 Å². The fourth-order valence-electron chi connectivity index (χ4n) is 2.89. The van der Waals surface area contributed by atoms with Crippen molar-refractivity contribution in [2.45, 2.75) is 32.4 Å². The van der Waals surface area contributed by atoms with Crippen LogP contribution >= 0.6 is 0 Å². The van der Waals surface area contributed by atoms with Crippen LogP contribution in [0.3, 0.4) is 0 Å². The van der Waals surface area contributed by atoms with Crippen LogP contribution in [-0.4, -0.2) is 44.1 Å². The smallest absolute Gasteiger partial charge is 0.272 e. The van der Waals surface area contributed by atoms with Gasteiger partial charge in [0, 0.05) is 18.9 Å². The molecule has 7 heteroatoms. The van der Waals surface area contributed by atoms with E-state index in [2.05, 4.69) is 10.1 Å². The highest BCUT2D eigenvalue weighted by molar-refractivity contribution is 5.95. The van der Waals surface area contributed by atoms with Gasteiger partial charge in [0.25, 0.3) is 5.91 Å². The average Bonchev–Trinajstić information content (AvgIpc) is 3.16. The summed E-state index contributed by atoms with van der Waals surface area (Å²) < 4.78 is 1.87. The van der Waals surface area contributed by atoms with Gasteiger partial charge < -0.3 is 10.6 Å². The van der Waals surface area contributed by atoms with Crippen molar-refractivity contribution in [2.24, 2.45) is 5.73 Å². The summed E-state index contributed by atoms with van der Waals surface area (Å²) in [5.74, 6) is -0.669. The van der Waals surface area contributed by atoms with E-state index in [-0.39, 0.29) is 11.9 Å². The molecule has 2 aromatic heterocycles. The monoisotopic (exact) mass is 313 g/mol. The molecule has 120 valence electrons. The Bertz CT molecular complexity index is 722. The maximum Gasteiger partial charge on any atom is 0.272 e. The lowest BCUT2D eigenvalue weighted by molar-refractivity contribution is 0.0715. The number of aromatic nitrogens is 3. The fraction of sp³-hybridized carbons (Fsp3) is 0.375. The average molecular weight is 313 g/mol. The Balaban J connectivity index is 1.73. The summed E-state index contributed by atoms with van der Waals surface area (Å²) in [5, 5.41) is 4.29. The quantitative estimate of drug-likeness (QED) is 0.910. The zero-order valence-electron chi connectivity index (χ0n) is 13.0. The number of primary amides is 1. The lowest BCUT2D eigenvalue weighted by Crippen LogP contribution is -2.38. The van der Waals surface area contributed by atoms with Crippen molar-refractivity contribution in [3.8, 4) is 0 Å². The Kier molecular flexibility index (Phi) is 4.10. The molecule has 2 N–H and O–H groups in total. The first-order valence-corrected chi connectivity index (χ1v) is 7.60. The molecule has 7 nitrogen and oxygen atoms in total. The maximum atomic E-state index is 12.7. The third-order valence-corrected chi connectivity index (χ3v) is 4.07. The first-order valence-electron chi connectivity index (χ1n) is 7.60. The van der Waals surface area contributed by atoms with E-state index in [9.17, 15) is 9.59 Å². The molecular weight excluding hydrogens is 294 g/mol. The number of amides is 2. The van der Waals surface area contributed by atoms with Gasteiger partial charge in [-0.25, -0.2) is 0 Å². The van der Waals surface area contributed by atoms with Gasteiger partial charge in [-0.15, -0.1) is 0 Å². The summed E-state index contributed by atoms with van der Waals surface area (Å²) >= 11 is 0. The molecule has 3 rings (SSSR count). The molecule has 1 aliphatic rings. The Labute approximate surface area is 134 Å². The van der Waals surface area contributed by atoms with E-state index in [0.29, 0.717) is 24.3 Å². The first kappa shape index (κ1) is 15.2. The zero-order chi connectivity index (χ0) is 16.4. The minimum Gasteiger partial charge on any atom is -0.366 e. The van der Waals surface area contributed by atoms with Crippen molar-refractivity contribution in [1.29, 1.82) is 0 Å². The Hall–Kier alpha value is -2.70. The third kappa shape index (κ3) is 3.23. The number of aryl methyl sites for hydroxylation is 1. The molecule has 2 amide bonds. The van der Waals surface area contributed by atoms with Gasteiger partial charge in [-0.2, -0.15) is 5.10 Å². The lowest BCUT2D eigenvalue weighted by Gasteiger charge is -2.24. The largest absolute Gasteiger partial charge is 0.366 e. The number of carbonyl (C=O) groups excluding carboxylic acids is 2. The molecular formula is C16H19N5O2. The summed E-state index contributed by atoms with van der Waals surface area (Å²) in [4.78, 5) is 29.6. The van der Waals surface area contributed by atoms with E-state index in [1.807, 2.05) is 28.9 Å². The predicted molar refractivity (Wildman–Crippen MR) is 83.8 cm³/mol. The topological polar surface area (TPSA) is 94.1 Å². The molecule has 2 aromatic rings. The van der Waals surface area contributed by atoms with Gasteiger partial charge in [-0.3, -0.25) is 19.3 Å². The second-order valence-electron chi connectivity index (χ2n) is 5.83. The highest BCUT2D eigenvalue weighted by atomic mass is 16.2. The number of pyridine rings is 1. The van der Waals surface area contributed by atoms with Gasteiger partial charge in [0.15, 0.2) is 0 Å². The summed E-state index contributed by atoms with van der Waals surface area (Å²) in [7, 11) is 0. The predicted octanol–water partition coefficient (Wildman–Crippen LogP) is 0.990. The Morgan fingerprint density at radius 2 is 2.17 bits per heavy atom. The van der Waals surface area contributed by atoms with E-state index < -0.39 is 5.91 Å². The number of hydrogen-bond donors (Lipinski definition) is 1. The molecule has 1 atom stereocenters. The lowest BCUT2D eigenvalue weighted by atomic mass is 10.2. The van der Waals surface area contributed by atoms with Gasteiger partial charge in [-0.05, 0) is 37.5 Å². The van der Waals surface area contributed by atoms with Crippen molar-refractivity contribution in [3.05, 3.63) is 47.5 Å². The van der Waals surface area contributed by atoms with Gasteiger partial charge in [0.05, 0.1) is 24.3 Å². The second-order valence-corrected chi connectivity index (χ2v) is 5.83. The van der Waals surface area contributed by atoms with Crippen LogP contribution in [-0.2, 0) is 6.54 Å². The van der Waals surface area contributed by atoms with E-state index >= 15 is 0 Å². The molecule has 1 fully saturated rings. The number of hydrogen-bond acceptors (Lipinski definition) is 4. The maximum absolute atomic E-state index is 12.7. The Morgan fingerprint density at radius 3 is 2.78 bits per heavy atom. The van der Waals surface area contributed by atoms with Crippen molar-refractivity contribution in [3.63, 3.8) is 0 Å². The van der Waals surface area contributed by atoms with Crippen LogP contribution in [0.15, 0.2) is 30.7 Å². The van der Waals surface area contributed by atoms with Crippen molar-refractivity contribution < 1.29 is 9.59 Å². The highest BCUT2D eigenvalue weighted by Gasteiger charge is 2.30. The van der Waals surface area contributed by atoms with Crippen LogP contribution < -0.4 is 5.73 Å². The highest BCUT2D eigenvalue weighted by Crippen LogP contribution is 2.21. The third-order valence-electron chi connectivity index (χ3n) is 4.07. The minimum absolute atomic E-state index is 0.111. The van der Waals surface area contributed by atoms with Gasteiger partial charge in [-0.1, -0.05) is 0 Å².